The first-order chi connectivity index (χ1) is 8.21. The van der Waals surface area contributed by atoms with E-state index >= 15 is 0 Å². The number of nitrogens with two attached hydrogens (primary N) is 1. The molecular weight excluding hydrogens is 278 g/mol. The van der Waals surface area contributed by atoms with Crippen molar-refractivity contribution in [1.82, 2.24) is 0 Å². The number of hydrogen-bond donors (Lipinski definition) is 1. The van der Waals surface area contributed by atoms with Gasteiger partial charge < -0.3 is 10.5 Å². The first-order valence-corrected chi connectivity index (χ1v) is 7.49. The van der Waals surface area contributed by atoms with Gasteiger partial charge in [0.15, 0.2) is 0 Å². The van der Waals surface area contributed by atoms with Gasteiger partial charge in [-0.05, 0) is 31.0 Å². The lowest BCUT2D eigenvalue weighted by molar-refractivity contribution is -0.118. The van der Waals surface area contributed by atoms with Gasteiger partial charge in [0.1, 0.15) is 10.6 Å². The molecule has 0 unspecified atom stereocenters. The first kappa shape index (κ1) is 14.8. The minimum absolute atomic E-state index is 0.00902. The monoisotopic (exact) mass is 291 g/mol. The van der Waals surface area contributed by atoms with E-state index in [1.165, 1.54) is 6.07 Å². The Morgan fingerprint density at radius 2 is 2.00 bits per heavy atom. The third-order valence-electron chi connectivity index (χ3n) is 2.24. The summed E-state index contributed by atoms with van der Waals surface area (Å²) in [5, 5.41) is 0. The van der Waals surface area contributed by atoms with Crippen molar-refractivity contribution in [3.63, 3.8) is 0 Å². The number of carbonyl (C=O) groups is 1. The zero-order valence-electron chi connectivity index (χ0n) is 10.1. The van der Waals surface area contributed by atoms with E-state index < -0.39 is 15.0 Å². The second-order valence-corrected chi connectivity index (χ2v) is 6.45. The van der Waals surface area contributed by atoms with Crippen molar-refractivity contribution in [3.05, 3.63) is 23.3 Å². The lowest BCUT2D eigenvalue weighted by Crippen LogP contribution is -2.15. The molecule has 18 heavy (non-hydrogen) atoms. The molecular formula is C11H14ClNO4S. The highest BCUT2D eigenvalue weighted by Crippen LogP contribution is 2.31. The number of rotatable bonds is 5. The summed E-state index contributed by atoms with van der Waals surface area (Å²) in [7, 11) is 1.45. The number of benzene rings is 1. The molecule has 0 saturated carbocycles. The summed E-state index contributed by atoms with van der Waals surface area (Å²) in [6, 6.07) is 3.19. The maximum atomic E-state index is 11.4. The predicted molar refractivity (Wildman–Crippen MR) is 68.3 cm³/mol. The molecule has 1 rings (SSSR count). The van der Waals surface area contributed by atoms with Crippen LogP contribution in [-0.4, -0.2) is 20.9 Å². The van der Waals surface area contributed by atoms with Gasteiger partial charge in [-0.2, -0.15) is 0 Å². The molecule has 0 saturated heterocycles. The molecule has 7 heteroatoms. The summed E-state index contributed by atoms with van der Waals surface area (Å²) >= 11 is 0. The maximum absolute atomic E-state index is 11.4. The van der Waals surface area contributed by atoms with Crippen molar-refractivity contribution in [2.24, 2.45) is 5.73 Å². The molecule has 0 aliphatic carbocycles. The Balaban J connectivity index is 3.13. The molecule has 5 nitrogen and oxygen atoms in total. The van der Waals surface area contributed by atoms with E-state index in [2.05, 4.69) is 0 Å². The summed E-state index contributed by atoms with van der Waals surface area (Å²) in [6.07, 6.45) is 0.00902. The molecule has 0 atom stereocenters. The molecule has 0 aromatic heterocycles. The summed E-state index contributed by atoms with van der Waals surface area (Å²) in [6.45, 7) is 3.47. The predicted octanol–water partition coefficient (Wildman–Crippen LogP) is 1.49. The fourth-order valence-corrected chi connectivity index (χ4v) is 2.65. The second kappa shape index (κ2) is 5.58. The quantitative estimate of drug-likeness (QED) is 0.833. The maximum Gasteiger partial charge on any atom is 0.265 e. The van der Waals surface area contributed by atoms with E-state index in [4.69, 9.17) is 21.2 Å². The van der Waals surface area contributed by atoms with Crippen molar-refractivity contribution >= 4 is 25.6 Å². The lowest BCUT2D eigenvalue weighted by atomic mass is 10.1. The van der Waals surface area contributed by atoms with Gasteiger partial charge in [-0.25, -0.2) is 8.42 Å². The minimum Gasteiger partial charge on any atom is -0.491 e. The van der Waals surface area contributed by atoms with Gasteiger partial charge in [0.05, 0.1) is 13.0 Å². The average molecular weight is 292 g/mol. The molecule has 0 aliphatic heterocycles. The molecule has 1 aromatic carbocycles. The Labute approximate surface area is 110 Å². The van der Waals surface area contributed by atoms with E-state index in [0.29, 0.717) is 5.56 Å². The topological polar surface area (TPSA) is 86.5 Å². The highest BCUT2D eigenvalue weighted by atomic mass is 35.7. The van der Waals surface area contributed by atoms with Crippen LogP contribution >= 0.6 is 10.7 Å². The minimum atomic E-state index is -3.90. The summed E-state index contributed by atoms with van der Waals surface area (Å²) in [4.78, 5) is 10.5. The molecule has 0 aliphatic rings. The molecule has 1 amide bonds. The first-order valence-electron chi connectivity index (χ1n) is 5.19. The third kappa shape index (κ3) is 3.89. The number of primary amides is 1. The molecule has 0 heterocycles. The number of ether oxygens (including phenoxy) is 1. The van der Waals surface area contributed by atoms with Crippen LogP contribution in [0.1, 0.15) is 17.5 Å². The van der Waals surface area contributed by atoms with Crippen LogP contribution in [0.4, 0.5) is 0 Å². The van der Waals surface area contributed by atoms with Crippen LogP contribution in [0.3, 0.4) is 0 Å². The van der Waals surface area contributed by atoms with Gasteiger partial charge in [0, 0.05) is 10.7 Å². The van der Waals surface area contributed by atoms with Gasteiger partial charge in [0.25, 0.3) is 9.05 Å². The zero-order chi connectivity index (χ0) is 13.9. The molecule has 100 valence electrons. The SMILES string of the molecule is Cc1cc(C)c(OCCC(N)=O)c(S(=O)(=O)Cl)c1. The third-order valence-corrected chi connectivity index (χ3v) is 3.57. The van der Waals surface area contributed by atoms with E-state index in [0.717, 1.165) is 5.56 Å². The largest absolute Gasteiger partial charge is 0.491 e. The van der Waals surface area contributed by atoms with Gasteiger partial charge in [0.2, 0.25) is 5.91 Å². The van der Waals surface area contributed by atoms with Crippen LogP contribution in [0.5, 0.6) is 5.75 Å². The standard InChI is InChI=1S/C11H14ClNO4S/c1-7-5-8(2)11(17-4-3-10(13)14)9(6-7)18(12,15)16/h5-6H,3-4H2,1-2H3,(H2,13,14). The van der Waals surface area contributed by atoms with Crippen LogP contribution in [0.15, 0.2) is 17.0 Å². The van der Waals surface area contributed by atoms with E-state index in [9.17, 15) is 13.2 Å². The normalized spacial score (nSPS) is 11.3. The molecule has 0 radical (unpaired) electrons. The van der Waals surface area contributed by atoms with E-state index in [-0.39, 0.29) is 23.7 Å². The van der Waals surface area contributed by atoms with Crippen LogP contribution in [0.2, 0.25) is 0 Å². The van der Waals surface area contributed by atoms with Gasteiger partial charge in [-0.3, -0.25) is 4.79 Å². The zero-order valence-corrected chi connectivity index (χ0v) is 11.6. The fourth-order valence-electron chi connectivity index (χ4n) is 1.54. The summed E-state index contributed by atoms with van der Waals surface area (Å²) < 4.78 is 28.2. The van der Waals surface area contributed by atoms with E-state index in [1.54, 1.807) is 19.9 Å². The smallest absolute Gasteiger partial charge is 0.265 e. The number of hydrogen-bond acceptors (Lipinski definition) is 4. The van der Waals surface area contributed by atoms with Crippen LogP contribution < -0.4 is 10.5 Å². The second-order valence-electron chi connectivity index (χ2n) is 3.91. The van der Waals surface area contributed by atoms with E-state index in [1.807, 2.05) is 0 Å². The molecule has 0 fully saturated rings. The number of carbonyl (C=O) groups excluding carboxylic acids is 1. The van der Waals surface area contributed by atoms with Gasteiger partial charge >= 0.3 is 0 Å². The Kier molecular flexibility index (Phi) is 4.59. The summed E-state index contributed by atoms with van der Waals surface area (Å²) in [5.41, 5.74) is 6.38. The van der Waals surface area contributed by atoms with Crippen LogP contribution in [0.25, 0.3) is 0 Å². The average Bonchev–Trinajstić information content (AvgIpc) is 2.18. The molecule has 0 bridgehead atoms. The van der Waals surface area contributed by atoms with Crippen molar-refractivity contribution in [2.75, 3.05) is 6.61 Å². The van der Waals surface area contributed by atoms with Crippen molar-refractivity contribution in [2.45, 2.75) is 25.2 Å². The number of halogens is 1. The van der Waals surface area contributed by atoms with Crippen molar-refractivity contribution in [3.8, 4) is 5.75 Å². The number of amides is 1. The van der Waals surface area contributed by atoms with Crippen molar-refractivity contribution < 1.29 is 17.9 Å². The highest BCUT2D eigenvalue weighted by Gasteiger charge is 2.19. The van der Waals surface area contributed by atoms with Crippen molar-refractivity contribution in [1.29, 1.82) is 0 Å². The van der Waals surface area contributed by atoms with Gasteiger partial charge in [-0.15, -0.1) is 0 Å². The molecule has 2 N–H and O–H groups in total. The van der Waals surface area contributed by atoms with Crippen LogP contribution in [0, 0.1) is 13.8 Å². The molecule has 0 spiro atoms. The highest BCUT2D eigenvalue weighted by molar-refractivity contribution is 8.13. The Morgan fingerprint density at radius 1 is 1.39 bits per heavy atom. The van der Waals surface area contributed by atoms with Gasteiger partial charge in [-0.1, -0.05) is 6.07 Å². The Hall–Kier alpha value is -1.27. The fraction of sp³-hybridized carbons (Fsp3) is 0.364. The summed E-state index contributed by atoms with van der Waals surface area (Å²) in [5.74, 6) is -0.355. The lowest BCUT2D eigenvalue weighted by Gasteiger charge is -2.13. The Bertz CT molecular complexity index is 569. The molecule has 1 aromatic rings. The Morgan fingerprint density at radius 3 is 2.50 bits per heavy atom. The number of aryl methyl sites for hydroxylation is 2. The van der Waals surface area contributed by atoms with Crippen LogP contribution in [-0.2, 0) is 13.8 Å².